The molecule has 2 aromatic carbocycles. The zero-order valence-corrected chi connectivity index (χ0v) is 14.7. The standard InChI is InChI=1S/C18H18ClO3P/c1-3-21-23(20,22-4-2)18-14-17(19)13-12-16(18)11-10-15-8-6-5-7-9-15/h5-9,12-14H,3-4H2,1-2H3. The monoisotopic (exact) mass is 348 g/mol. The average molecular weight is 349 g/mol. The summed E-state index contributed by atoms with van der Waals surface area (Å²) in [4.78, 5) is 0. The van der Waals surface area contributed by atoms with Crippen molar-refractivity contribution in [2.24, 2.45) is 0 Å². The maximum absolute atomic E-state index is 13.0. The van der Waals surface area contributed by atoms with Crippen molar-refractivity contribution >= 4 is 24.5 Å². The lowest BCUT2D eigenvalue weighted by molar-refractivity contribution is 0.230. The first-order chi connectivity index (χ1) is 11.1. The zero-order valence-electron chi connectivity index (χ0n) is 13.1. The maximum Gasteiger partial charge on any atom is 0.362 e. The Morgan fingerprint density at radius 3 is 2.26 bits per heavy atom. The predicted octanol–water partition coefficient (Wildman–Crippen LogP) is 4.63. The molecule has 0 aromatic heterocycles. The van der Waals surface area contributed by atoms with Crippen molar-refractivity contribution in [2.45, 2.75) is 13.8 Å². The highest BCUT2D eigenvalue weighted by Crippen LogP contribution is 2.48. The van der Waals surface area contributed by atoms with Crippen molar-refractivity contribution in [3.8, 4) is 11.8 Å². The molecule has 5 heteroatoms. The molecule has 0 atom stereocenters. The van der Waals surface area contributed by atoms with Gasteiger partial charge in [0.1, 0.15) is 0 Å². The van der Waals surface area contributed by atoms with Crippen molar-refractivity contribution in [1.29, 1.82) is 0 Å². The van der Waals surface area contributed by atoms with Crippen molar-refractivity contribution in [1.82, 2.24) is 0 Å². The van der Waals surface area contributed by atoms with Gasteiger partial charge in [-0.05, 0) is 44.2 Å². The van der Waals surface area contributed by atoms with E-state index < -0.39 is 7.60 Å². The highest BCUT2D eigenvalue weighted by Gasteiger charge is 2.29. The summed E-state index contributed by atoms with van der Waals surface area (Å²) in [6, 6.07) is 14.6. The molecule has 23 heavy (non-hydrogen) atoms. The summed E-state index contributed by atoms with van der Waals surface area (Å²) < 4.78 is 23.8. The molecule has 3 nitrogen and oxygen atoms in total. The molecule has 0 aliphatic rings. The fourth-order valence-corrected chi connectivity index (χ4v) is 4.02. The average Bonchev–Trinajstić information content (AvgIpc) is 2.55. The van der Waals surface area contributed by atoms with Gasteiger partial charge in [-0.1, -0.05) is 41.6 Å². The van der Waals surface area contributed by atoms with E-state index in [0.717, 1.165) is 5.56 Å². The van der Waals surface area contributed by atoms with E-state index in [2.05, 4.69) is 11.8 Å². The molecule has 0 heterocycles. The van der Waals surface area contributed by atoms with Gasteiger partial charge in [0, 0.05) is 16.1 Å². The molecule has 0 unspecified atom stereocenters. The van der Waals surface area contributed by atoms with Crippen LogP contribution in [0.2, 0.25) is 5.02 Å². The largest absolute Gasteiger partial charge is 0.362 e. The number of hydrogen-bond acceptors (Lipinski definition) is 3. The summed E-state index contributed by atoms with van der Waals surface area (Å²) in [5.41, 5.74) is 1.46. The first-order valence-corrected chi connectivity index (χ1v) is 9.27. The predicted molar refractivity (Wildman–Crippen MR) is 94.4 cm³/mol. The molecule has 0 saturated heterocycles. The topological polar surface area (TPSA) is 35.5 Å². The van der Waals surface area contributed by atoms with Gasteiger partial charge >= 0.3 is 7.60 Å². The van der Waals surface area contributed by atoms with Crippen LogP contribution in [0.25, 0.3) is 0 Å². The first-order valence-electron chi connectivity index (χ1n) is 7.35. The Balaban J connectivity index is 2.49. The van der Waals surface area contributed by atoms with Crippen LogP contribution in [0.1, 0.15) is 25.0 Å². The van der Waals surface area contributed by atoms with Gasteiger partial charge in [-0.2, -0.15) is 0 Å². The van der Waals surface area contributed by atoms with Crippen LogP contribution in [0, 0.1) is 11.8 Å². The molecular weight excluding hydrogens is 331 g/mol. The summed E-state index contributed by atoms with van der Waals surface area (Å²) in [5, 5.41) is 0.863. The lowest BCUT2D eigenvalue weighted by Gasteiger charge is -2.18. The molecule has 0 aliphatic heterocycles. The van der Waals surface area contributed by atoms with Gasteiger partial charge in [-0.3, -0.25) is 4.57 Å². The first kappa shape index (κ1) is 17.8. The molecule has 0 spiro atoms. The summed E-state index contributed by atoms with van der Waals surface area (Å²) >= 11 is 6.06. The van der Waals surface area contributed by atoms with E-state index in [-0.39, 0.29) is 13.2 Å². The van der Waals surface area contributed by atoms with Crippen LogP contribution >= 0.6 is 19.2 Å². The van der Waals surface area contributed by atoms with Crippen LogP contribution in [-0.4, -0.2) is 13.2 Å². The molecular formula is C18H18ClO3P. The minimum absolute atomic E-state index is 0.273. The van der Waals surface area contributed by atoms with Gasteiger partial charge < -0.3 is 9.05 Å². The van der Waals surface area contributed by atoms with Gasteiger partial charge in [0.2, 0.25) is 0 Å². The number of halogens is 1. The smallest absolute Gasteiger partial charge is 0.305 e. The molecule has 0 fully saturated rings. The number of benzene rings is 2. The molecule has 2 rings (SSSR count). The summed E-state index contributed by atoms with van der Waals surface area (Å²) in [7, 11) is -3.44. The van der Waals surface area contributed by atoms with Crippen LogP contribution in [0.4, 0.5) is 0 Å². The normalized spacial score (nSPS) is 10.9. The number of hydrogen-bond donors (Lipinski definition) is 0. The minimum Gasteiger partial charge on any atom is -0.305 e. The maximum atomic E-state index is 13.0. The number of rotatable bonds is 5. The van der Waals surface area contributed by atoms with Crippen LogP contribution in [0.15, 0.2) is 48.5 Å². The Kier molecular flexibility index (Phi) is 6.45. The van der Waals surface area contributed by atoms with E-state index in [1.165, 1.54) is 0 Å². The highest BCUT2D eigenvalue weighted by atomic mass is 35.5. The van der Waals surface area contributed by atoms with Crippen molar-refractivity contribution in [3.05, 3.63) is 64.7 Å². The van der Waals surface area contributed by atoms with Gasteiger partial charge in [0.15, 0.2) is 0 Å². The van der Waals surface area contributed by atoms with Crippen LogP contribution < -0.4 is 5.30 Å². The molecule has 2 aromatic rings. The molecule has 0 amide bonds. The van der Waals surface area contributed by atoms with Crippen LogP contribution in [0.5, 0.6) is 0 Å². The van der Waals surface area contributed by atoms with Gasteiger partial charge in [0.25, 0.3) is 0 Å². The molecule has 0 bridgehead atoms. The fourth-order valence-electron chi connectivity index (χ4n) is 2.01. The van der Waals surface area contributed by atoms with E-state index in [0.29, 0.717) is 15.9 Å². The minimum atomic E-state index is -3.44. The summed E-state index contributed by atoms with van der Waals surface area (Å²) in [5.74, 6) is 6.09. The third-order valence-corrected chi connectivity index (χ3v) is 5.36. The molecule has 120 valence electrons. The van der Waals surface area contributed by atoms with E-state index in [1.807, 2.05) is 30.3 Å². The Morgan fingerprint density at radius 2 is 1.65 bits per heavy atom. The van der Waals surface area contributed by atoms with Gasteiger partial charge in [-0.25, -0.2) is 0 Å². The summed E-state index contributed by atoms with van der Waals surface area (Å²) in [6.45, 7) is 4.09. The van der Waals surface area contributed by atoms with Crippen LogP contribution in [-0.2, 0) is 13.6 Å². The quantitative estimate of drug-likeness (QED) is 0.583. The molecule has 0 radical (unpaired) electrons. The lowest BCUT2D eigenvalue weighted by Crippen LogP contribution is -2.14. The Bertz CT molecular complexity index is 753. The lowest BCUT2D eigenvalue weighted by atomic mass is 10.2. The van der Waals surface area contributed by atoms with Gasteiger partial charge in [0.05, 0.1) is 18.5 Å². The van der Waals surface area contributed by atoms with Crippen molar-refractivity contribution in [2.75, 3.05) is 13.2 Å². The zero-order chi connectivity index (χ0) is 16.7. The SMILES string of the molecule is CCOP(=O)(OCC)c1cc(Cl)ccc1C#Cc1ccccc1. The van der Waals surface area contributed by atoms with E-state index in [9.17, 15) is 4.57 Å². The Hall–Kier alpha value is -1.56. The second-order valence-corrected chi connectivity index (χ2v) is 7.04. The van der Waals surface area contributed by atoms with E-state index >= 15 is 0 Å². The molecule has 0 N–H and O–H groups in total. The third-order valence-electron chi connectivity index (χ3n) is 2.97. The molecule has 0 saturated carbocycles. The van der Waals surface area contributed by atoms with Crippen molar-refractivity contribution in [3.63, 3.8) is 0 Å². The third kappa shape index (κ3) is 4.70. The Labute approximate surface area is 142 Å². The highest BCUT2D eigenvalue weighted by molar-refractivity contribution is 7.62. The van der Waals surface area contributed by atoms with Gasteiger partial charge in [-0.15, -0.1) is 0 Å². The fraction of sp³-hybridized carbons (Fsp3) is 0.222. The Morgan fingerprint density at radius 1 is 1.00 bits per heavy atom. The summed E-state index contributed by atoms with van der Waals surface area (Å²) in [6.07, 6.45) is 0. The van der Waals surface area contributed by atoms with Crippen LogP contribution in [0.3, 0.4) is 0 Å². The van der Waals surface area contributed by atoms with Crippen molar-refractivity contribution < 1.29 is 13.6 Å². The van der Waals surface area contributed by atoms with E-state index in [1.54, 1.807) is 32.0 Å². The van der Waals surface area contributed by atoms with E-state index in [4.69, 9.17) is 20.6 Å². The molecule has 0 aliphatic carbocycles. The second-order valence-electron chi connectivity index (χ2n) is 4.61. The second kappa shape index (κ2) is 8.34.